The molecule has 0 spiro atoms. The molecule has 0 aromatic heterocycles. The van der Waals surface area contributed by atoms with Crippen LogP contribution in [-0.4, -0.2) is 40.3 Å². The van der Waals surface area contributed by atoms with E-state index in [2.05, 4.69) is 5.32 Å². The molecule has 0 saturated heterocycles. The number of nitrogens with zero attached hydrogens (tertiary/aromatic N) is 1. The SMILES string of the molecule is COc1ccc(OC)c(N2C(=O)C(Nc3ccc(OC)c(OC)c3)=C(c3ccccc3)C2=O)c1. The zero-order valence-electron chi connectivity index (χ0n) is 19.2. The van der Waals surface area contributed by atoms with Gasteiger partial charge in [-0.3, -0.25) is 9.59 Å². The van der Waals surface area contributed by atoms with Crippen LogP contribution in [0.3, 0.4) is 0 Å². The summed E-state index contributed by atoms with van der Waals surface area (Å²) < 4.78 is 21.4. The summed E-state index contributed by atoms with van der Waals surface area (Å²) in [6, 6.07) is 19.1. The lowest BCUT2D eigenvalue weighted by molar-refractivity contribution is -0.120. The summed E-state index contributed by atoms with van der Waals surface area (Å²) in [7, 11) is 6.05. The van der Waals surface area contributed by atoms with Crippen LogP contribution in [0, 0.1) is 0 Å². The average Bonchev–Trinajstić information content (AvgIpc) is 3.12. The van der Waals surface area contributed by atoms with Gasteiger partial charge >= 0.3 is 0 Å². The molecule has 8 nitrogen and oxygen atoms in total. The minimum Gasteiger partial charge on any atom is -0.497 e. The van der Waals surface area contributed by atoms with Gasteiger partial charge in [-0.2, -0.15) is 0 Å². The van der Waals surface area contributed by atoms with Gasteiger partial charge in [-0.25, -0.2) is 4.90 Å². The molecule has 1 N–H and O–H groups in total. The number of imide groups is 1. The van der Waals surface area contributed by atoms with Gasteiger partial charge in [-0.05, 0) is 29.8 Å². The van der Waals surface area contributed by atoms with Crippen molar-refractivity contribution >= 4 is 28.8 Å². The molecular weight excluding hydrogens is 436 g/mol. The second-order valence-electron chi connectivity index (χ2n) is 7.29. The van der Waals surface area contributed by atoms with E-state index in [-0.39, 0.29) is 17.0 Å². The van der Waals surface area contributed by atoms with Crippen LogP contribution in [0.15, 0.2) is 72.4 Å². The number of hydrogen-bond acceptors (Lipinski definition) is 7. The van der Waals surface area contributed by atoms with E-state index < -0.39 is 11.8 Å². The Hall–Kier alpha value is -4.46. The summed E-state index contributed by atoms with van der Waals surface area (Å²) in [6.45, 7) is 0. The summed E-state index contributed by atoms with van der Waals surface area (Å²) >= 11 is 0. The maximum atomic E-state index is 13.7. The minimum atomic E-state index is -0.523. The highest BCUT2D eigenvalue weighted by Crippen LogP contribution is 2.40. The first-order valence-electron chi connectivity index (χ1n) is 10.4. The maximum absolute atomic E-state index is 13.7. The summed E-state index contributed by atoms with van der Waals surface area (Å²) in [5.74, 6) is 0.872. The molecule has 34 heavy (non-hydrogen) atoms. The van der Waals surface area contributed by atoms with Gasteiger partial charge in [0.2, 0.25) is 0 Å². The number of carbonyl (C=O) groups is 2. The summed E-state index contributed by atoms with van der Waals surface area (Å²) in [4.78, 5) is 28.4. The molecule has 174 valence electrons. The van der Waals surface area contributed by atoms with Crippen molar-refractivity contribution < 1.29 is 28.5 Å². The molecule has 0 fully saturated rings. The molecule has 0 saturated carbocycles. The monoisotopic (exact) mass is 460 g/mol. The van der Waals surface area contributed by atoms with Crippen molar-refractivity contribution in [2.45, 2.75) is 0 Å². The number of hydrogen-bond donors (Lipinski definition) is 1. The van der Waals surface area contributed by atoms with Crippen molar-refractivity contribution in [3.8, 4) is 23.0 Å². The first-order chi connectivity index (χ1) is 16.5. The highest BCUT2D eigenvalue weighted by atomic mass is 16.5. The predicted molar refractivity (Wildman–Crippen MR) is 129 cm³/mol. The Kier molecular flexibility index (Phi) is 6.40. The number of benzene rings is 3. The number of ether oxygens (including phenoxy) is 4. The molecule has 3 aromatic rings. The molecule has 1 heterocycles. The normalized spacial score (nSPS) is 13.2. The van der Waals surface area contributed by atoms with Crippen LogP contribution in [0.5, 0.6) is 23.0 Å². The van der Waals surface area contributed by atoms with Crippen LogP contribution in [0.4, 0.5) is 11.4 Å². The van der Waals surface area contributed by atoms with Gasteiger partial charge in [-0.1, -0.05) is 30.3 Å². The van der Waals surface area contributed by atoms with E-state index in [0.29, 0.717) is 34.2 Å². The predicted octanol–water partition coefficient (Wildman–Crippen LogP) is 4.12. The van der Waals surface area contributed by atoms with E-state index in [1.807, 2.05) is 18.2 Å². The molecule has 0 atom stereocenters. The lowest BCUT2D eigenvalue weighted by Crippen LogP contribution is -2.32. The van der Waals surface area contributed by atoms with Gasteiger partial charge in [0.1, 0.15) is 17.2 Å². The molecule has 3 aromatic carbocycles. The van der Waals surface area contributed by atoms with Crippen LogP contribution in [-0.2, 0) is 9.59 Å². The van der Waals surface area contributed by atoms with E-state index in [0.717, 1.165) is 4.90 Å². The Labute approximate surface area is 197 Å². The van der Waals surface area contributed by atoms with Crippen molar-refractivity contribution in [1.29, 1.82) is 0 Å². The quantitative estimate of drug-likeness (QED) is 0.506. The van der Waals surface area contributed by atoms with Crippen molar-refractivity contribution in [3.63, 3.8) is 0 Å². The summed E-state index contributed by atoms with van der Waals surface area (Å²) in [5, 5.41) is 3.12. The molecule has 8 heteroatoms. The zero-order valence-corrected chi connectivity index (χ0v) is 19.2. The zero-order chi connectivity index (χ0) is 24.2. The second-order valence-corrected chi connectivity index (χ2v) is 7.29. The van der Waals surface area contributed by atoms with Crippen LogP contribution < -0.4 is 29.2 Å². The van der Waals surface area contributed by atoms with Crippen LogP contribution in [0.2, 0.25) is 0 Å². The first-order valence-corrected chi connectivity index (χ1v) is 10.4. The smallest absolute Gasteiger partial charge is 0.282 e. The van der Waals surface area contributed by atoms with E-state index in [9.17, 15) is 9.59 Å². The molecule has 0 radical (unpaired) electrons. The number of amides is 2. The number of nitrogens with one attached hydrogen (secondary N) is 1. The van der Waals surface area contributed by atoms with Crippen molar-refractivity contribution in [2.75, 3.05) is 38.7 Å². The van der Waals surface area contributed by atoms with Crippen molar-refractivity contribution in [3.05, 3.63) is 78.0 Å². The van der Waals surface area contributed by atoms with E-state index in [1.54, 1.807) is 55.6 Å². The van der Waals surface area contributed by atoms with Crippen LogP contribution >= 0.6 is 0 Å². The standard InChI is InChI=1S/C26H24N2O6/c1-31-18-11-13-20(32-2)19(15-18)28-25(29)23(16-8-6-5-7-9-16)24(26(28)30)27-17-10-12-21(33-3)22(14-17)34-4/h5-15,27H,1-4H3. The van der Waals surface area contributed by atoms with Gasteiger partial charge in [0.05, 0.1) is 39.7 Å². The summed E-state index contributed by atoms with van der Waals surface area (Å²) in [5.41, 5.74) is 1.82. The Morgan fingerprint density at radius 3 is 2.00 bits per heavy atom. The van der Waals surface area contributed by atoms with Crippen molar-refractivity contribution in [1.82, 2.24) is 0 Å². The molecule has 4 rings (SSSR count). The lowest BCUT2D eigenvalue weighted by atomic mass is 10.0. The summed E-state index contributed by atoms with van der Waals surface area (Å²) in [6.07, 6.45) is 0. The molecule has 1 aliphatic heterocycles. The van der Waals surface area contributed by atoms with Crippen LogP contribution in [0.1, 0.15) is 5.56 Å². The van der Waals surface area contributed by atoms with Gasteiger partial charge in [0.15, 0.2) is 11.5 Å². The van der Waals surface area contributed by atoms with Gasteiger partial charge in [-0.15, -0.1) is 0 Å². The Balaban J connectivity index is 1.83. The lowest BCUT2D eigenvalue weighted by Gasteiger charge is -2.19. The van der Waals surface area contributed by atoms with Crippen LogP contribution in [0.25, 0.3) is 5.57 Å². The Morgan fingerprint density at radius 2 is 1.35 bits per heavy atom. The third-order valence-electron chi connectivity index (χ3n) is 5.43. The van der Waals surface area contributed by atoms with E-state index in [1.165, 1.54) is 21.3 Å². The highest BCUT2D eigenvalue weighted by Gasteiger charge is 2.41. The number of anilines is 2. The largest absolute Gasteiger partial charge is 0.497 e. The third-order valence-corrected chi connectivity index (χ3v) is 5.43. The molecule has 0 aliphatic carbocycles. The second kappa shape index (κ2) is 9.58. The molecule has 0 bridgehead atoms. The van der Waals surface area contributed by atoms with Crippen molar-refractivity contribution in [2.24, 2.45) is 0 Å². The molecule has 1 aliphatic rings. The maximum Gasteiger partial charge on any atom is 0.282 e. The van der Waals surface area contributed by atoms with Gasteiger partial charge in [0, 0.05) is 17.8 Å². The van der Waals surface area contributed by atoms with E-state index >= 15 is 0 Å². The fourth-order valence-corrected chi connectivity index (χ4v) is 3.77. The highest BCUT2D eigenvalue weighted by molar-refractivity contribution is 6.46. The minimum absolute atomic E-state index is 0.133. The Morgan fingerprint density at radius 1 is 0.676 bits per heavy atom. The number of methoxy groups -OCH3 is 4. The average molecular weight is 460 g/mol. The molecule has 0 unspecified atom stereocenters. The molecule has 2 amide bonds. The first kappa shape index (κ1) is 22.7. The van der Waals surface area contributed by atoms with Gasteiger partial charge in [0.25, 0.3) is 11.8 Å². The Bertz CT molecular complexity index is 1270. The molecular formula is C26H24N2O6. The van der Waals surface area contributed by atoms with Gasteiger partial charge < -0.3 is 24.3 Å². The fourth-order valence-electron chi connectivity index (χ4n) is 3.77. The van der Waals surface area contributed by atoms with E-state index in [4.69, 9.17) is 18.9 Å². The topological polar surface area (TPSA) is 86.3 Å². The number of rotatable bonds is 8. The number of carbonyl (C=O) groups excluding carboxylic acids is 2. The fraction of sp³-hybridized carbons (Fsp3) is 0.154. The third kappa shape index (κ3) is 4.01.